The first kappa shape index (κ1) is 24.6. The summed E-state index contributed by atoms with van der Waals surface area (Å²) in [5.74, 6) is -1.17. The Morgan fingerprint density at radius 1 is 1.06 bits per heavy atom. The number of rotatable bonds is 7. The quantitative estimate of drug-likeness (QED) is 0.445. The highest BCUT2D eigenvalue weighted by atomic mass is 32.2. The summed E-state index contributed by atoms with van der Waals surface area (Å²) in [6.07, 6.45) is -4.48. The third kappa shape index (κ3) is 4.83. The van der Waals surface area contributed by atoms with E-state index in [4.69, 9.17) is 0 Å². The summed E-state index contributed by atoms with van der Waals surface area (Å²) in [6.45, 7) is 3.53. The van der Waals surface area contributed by atoms with Crippen LogP contribution in [0.3, 0.4) is 0 Å². The fraction of sp³-hybridized carbons (Fsp3) is 0.292. The van der Waals surface area contributed by atoms with Crippen molar-refractivity contribution in [2.24, 2.45) is 0 Å². The average Bonchev–Trinajstić information content (AvgIpc) is 3.14. The zero-order valence-electron chi connectivity index (χ0n) is 18.4. The Morgan fingerprint density at radius 3 is 2.18 bits per heavy atom. The van der Waals surface area contributed by atoms with Gasteiger partial charge in [-0.2, -0.15) is 13.2 Å². The van der Waals surface area contributed by atoms with Gasteiger partial charge in [-0.15, -0.1) is 0 Å². The molecule has 0 saturated heterocycles. The summed E-state index contributed by atoms with van der Waals surface area (Å²) in [4.78, 5) is 14.7. The molecular formula is C24H24F3NO4S. The number of halogens is 3. The van der Waals surface area contributed by atoms with Gasteiger partial charge in [0.25, 0.3) is 0 Å². The van der Waals surface area contributed by atoms with Crippen molar-refractivity contribution in [1.29, 1.82) is 0 Å². The monoisotopic (exact) mass is 479 g/mol. The SMILES string of the molecule is CCCc1c(C(c2ccccc2)S(=O)(=O)c2ccc(C)cc2)[nH]c(C(F)(F)F)c1C(=O)OC. The molecule has 0 aliphatic carbocycles. The molecule has 0 spiro atoms. The molecule has 9 heteroatoms. The molecule has 0 radical (unpaired) electrons. The lowest BCUT2D eigenvalue weighted by molar-refractivity contribution is -0.141. The largest absolute Gasteiger partial charge is 0.465 e. The molecule has 1 N–H and O–H groups in total. The Kier molecular flexibility index (Phi) is 7.02. The van der Waals surface area contributed by atoms with Crippen LogP contribution in [0.15, 0.2) is 59.5 Å². The number of carbonyl (C=O) groups is 1. The summed E-state index contributed by atoms with van der Waals surface area (Å²) < 4.78 is 74.0. The van der Waals surface area contributed by atoms with Crippen molar-refractivity contribution < 1.29 is 31.1 Å². The fourth-order valence-electron chi connectivity index (χ4n) is 3.82. The van der Waals surface area contributed by atoms with Crippen LogP contribution in [0.4, 0.5) is 13.2 Å². The van der Waals surface area contributed by atoms with Gasteiger partial charge in [-0.25, -0.2) is 13.2 Å². The highest BCUT2D eigenvalue weighted by Crippen LogP contribution is 2.42. The maximum atomic E-state index is 13.9. The van der Waals surface area contributed by atoms with E-state index in [9.17, 15) is 26.4 Å². The minimum Gasteiger partial charge on any atom is -0.465 e. The molecular weight excluding hydrogens is 455 g/mol. The number of methoxy groups -OCH3 is 1. The van der Waals surface area contributed by atoms with E-state index in [1.807, 2.05) is 0 Å². The van der Waals surface area contributed by atoms with Crippen LogP contribution in [0.2, 0.25) is 0 Å². The van der Waals surface area contributed by atoms with Crippen molar-refractivity contribution in [3.8, 4) is 0 Å². The second-order valence-corrected chi connectivity index (χ2v) is 9.69. The lowest BCUT2D eigenvalue weighted by atomic mass is 9.99. The van der Waals surface area contributed by atoms with Gasteiger partial charge in [0.1, 0.15) is 10.9 Å². The number of H-pyrrole nitrogens is 1. The van der Waals surface area contributed by atoms with Gasteiger partial charge in [-0.05, 0) is 36.6 Å². The number of aromatic amines is 1. The van der Waals surface area contributed by atoms with E-state index in [1.54, 1.807) is 44.2 Å². The van der Waals surface area contributed by atoms with Gasteiger partial charge in [0, 0.05) is 5.69 Å². The predicted octanol–water partition coefficient (Wildman–Crippen LogP) is 5.64. The van der Waals surface area contributed by atoms with Crippen molar-refractivity contribution in [1.82, 2.24) is 4.98 Å². The molecule has 2 aromatic carbocycles. The van der Waals surface area contributed by atoms with Crippen LogP contribution in [0.25, 0.3) is 0 Å². The molecule has 0 amide bonds. The molecule has 0 fully saturated rings. The third-order valence-corrected chi connectivity index (χ3v) is 7.39. The summed E-state index contributed by atoms with van der Waals surface area (Å²) in [5, 5.41) is -1.48. The molecule has 176 valence electrons. The summed E-state index contributed by atoms with van der Waals surface area (Å²) in [7, 11) is -3.21. The molecule has 5 nitrogen and oxygen atoms in total. The minimum atomic E-state index is -4.92. The number of esters is 1. The molecule has 1 heterocycles. The first-order valence-electron chi connectivity index (χ1n) is 10.3. The van der Waals surface area contributed by atoms with E-state index in [0.717, 1.165) is 12.7 Å². The standard InChI is InChI=1S/C24H24F3NO4S/c1-4-8-18-19(23(29)32-3)22(24(25,26)27)28-20(18)21(16-9-6-5-7-10-16)33(30,31)17-13-11-15(2)12-14-17/h5-7,9-14,21,28H,4,8H2,1-3H3. The first-order chi connectivity index (χ1) is 15.5. The Balaban J connectivity index is 2.39. The highest BCUT2D eigenvalue weighted by Gasteiger charge is 2.44. The molecule has 0 aliphatic rings. The van der Waals surface area contributed by atoms with Crippen LogP contribution >= 0.6 is 0 Å². The maximum absolute atomic E-state index is 13.9. The first-order valence-corrected chi connectivity index (χ1v) is 11.8. The molecule has 1 unspecified atom stereocenters. The van der Waals surface area contributed by atoms with Crippen LogP contribution in [0.1, 0.15) is 57.0 Å². The lowest BCUT2D eigenvalue weighted by Gasteiger charge is -2.20. The number of hydrogen-bond donors (Lipinski definition) is 1. The Labute approximate surface area is 190 Å². The van der Waals surface area contributed by atoms with Gasteiger partial charge >= 0.3 is 12.1 Å². The van der Waals surface area contributed by atoms with E-state index in [2.05, 4.69) is 9.72 Å². The van der Waals surface area contributed by atoms with Gasteiger partial charge in [-0.3, -0.25) is 0 Å². The number of benzene rings is 2. The van der Waals surface area contributed by atoms with Crippen molar-refractivity contribution in [3.63, 3.8) is 0 Å². The summed E-state index contributed by atoms with van der Waals surface area (Å²) >= 11 is 0. The third-order valence-electron chi connectivity index (χ3n) is 5.33. The maximum Gasteiger partial charge on any atom is 0.432 e. The van der Waals surface area contributed by atoms with Gasteiger partial charge < -0.3 is 9.72 Å². The second-order valence-electron chi connectivity index (χ2n) is 7.66. The van der Waals surface area contributed by atoms with Gasteiger partial charge in [-0.1, -0.05) is 61.4 Å². The van der Waals surface area contributed by atoms with Crippen molar-refractivity contribution in [2.45, 2.75) is 43.0 Å². The number of nitrogens with one attached hydrogen (secondary N) is 1. The summed E-state index contributed by atoms with van der Waals surface area (Å²) in [5.41, 5.74) is -1.07. The Hall–Kier alpha value is -3.07. The Bertz CT molecular complexity index is 1230. The van der Waals surface area contributed by atoms with E-state index < -0.39 is 38.5 Å². The van der Waals surface area contributed by atoms with E-state index >= 15 is 0 Å². The van der Waals surface area contributed by atoms with Crippen LogP contribution < -0.4 is 0 Å². The van der Waals surface area contributed by atoms with Crippen LogP contribution in [-0.4, -0.2) is 26.5 Å². The zero-order valence-corrected chi connectivity index (χ0v) is 19.2. The summed E-state index contributed by atoms with van der Waals surface area (Å²) in [6, 6.07) is 14.1. The fourth-order valence-corrected chi connectivity index (χ4v) is 5.64. The highest BCUT2D eigenvalue weighted by molar-refractivity contribution is 7.91. The number of alkyl halides is 3. The number of hydrogen-bond acceptors (Lipinski definition) is 4. The molecule has 1 atom stereocenters. The minimum absolute atomic E-state index is 0.0128. The van der Waals surface area contributed by atoms with E-state index in [0.29, 0.717) is 6.42 Å². The zero-order chi connectivity index (χ0) is 24.4. The van der Waals surface area contributed by atoms with Crippen LogP contribution in [-0.2, 0) is 27.2 Å². The molecule has 0 saturated carbocycles. The lowest BCUT2D eigenvalue weighted by Crippen LogP contribution is -2.18. The molecule has 0 aliphatic heterocycles. The average molecular weight is 480 g/mol. The molecule has 33 heavy (non-hydrogen) atoms. The smallest absolute Gasteiger partial charge is 0.432 e. The second kappa shape index (κ2) is 9.43. The van der Waals surface area contributed by atoms with Crippen molar-refractivity contribution in [2.75, 3.05) is 7.11 Å². The van der Waals surface area contributed by atoms with Gasteiger partial charge in [0.05, 0.1) is 17.6 Å². The van der Waals surface area contributed by atoms with Crippen molar-refractivity contribution >= 4 is 15.8 Å². The molecule has 0 bridgehead atoms. The molecule has 3 aromatic rings. The van der Waals surface area contributed by atoms with Crippen molar-refractivity contribution in [3.05, 3.63) is 88.2 Å². The number of ether oxygens (including phenoxy) is 1. The molecule has 1 aromatic heterocycles. The number of aryl methyl sites for hydroxylation is 1. The molecule has 3 rings (SSSR count). The predicted molar refractivity (Wildman–Crippen MR) is 118 cm³/mol. The number of sulfone groups is 1. The van der Waals surface area contributed by atoms with Gasteiger partial charge in [0.2, 0.25) is 0 Å². The van der Waals surface area contributed by atoms with E-state index in [-0.39, 0.29) is 28.1 Å². The topological polar surface area (TPSA) is 76.2 Å². The van der Waals surface area contributed by atoms with Gasteiger partial charge in [0.15, 0.2) is 9.84 Å². The number of carbonyl (C=O) groups excluding carboxylic acids is 1. The van der Waals surface area contributed by atoms with Crippen LogP contribution in [0, 0.1) is 6.92 Å². The normalized spacial score (nSPS) is 13.0. The number of aromatic nitrogens is 1. The van der Waals surface area contributed by atoms with E-state index in [1.165, 1.54) is 24.3 Å². The van der Waals surface area contributed by atoms with Crippen LogP contribution in [0.5, 0.6) is 0 Å². The Morgan fingerprint density at radius 2 is 1.67 bits per heavy atom.